The van der Waals surface area contributed by atoms with Crippen molar-refractivity contribution in [3.05, 3.63) is 23.3 Å². The van der Waals surface area contributed by atoms with E-state index in [1.807, 2.05) is 0 Å². The van der Waals surface area contributed by atoms with Crippen LogP contribution in [0.4, 0.5) is 0 Å². The first-order valence-corrected chi connectivity index (χ1v) is 5.44. The van der Waals surface area contributed by atoms with Crippen LogP contribution in [0, 0.1) is 17.3 Å². The Morgan fingerprint density at radius 2 is 2.14 bits per heavy atom. The minimum atomic E-state index is 0.272. The molecule has 0 unspecified atom stereocenters. The summed E-state index contributed by atoms with van der Waals surface area (Å²) in [5.74, 6) is 6.25. The Morgan fingerprint density at radius 3 is 2.79 bits per heavy atom. The standard InChI is InChI=1S/C14H20/c1-5-11-14(3,4)13-10-8-6-7-9-12(13)2/h9-10H,5,7,11H2,1-4H3. The molecular weight excluding hydrogens is 168 g/mol. The van der Waals surface area contributed by atoms with Crippen LogP contribution in [0.2, 0.25) is 0 Å². The number of rotatable bonds is 3. The third kappa shape index (κ3) is 2.51. The molecule has 0 saturated carbocycles. The zero-order chi connectivity index (χ0) is 10.6. The Bertz CT molecular complexity index is 316. The van der Waals surface area contributed by atoms with Gasteiger partial charge in [0.2, 0.25) is 0 Å². The third-order valence-corrected chi connectivity index (χ3v) is 2.86. The Balaban J connectivity index is 2.96. The van der Waals surface area contributed by atoms with Crippen LogP contribution >= 0.6 is 0 Å². The van der Waals surface area contributed by atoms with Gasteiger partial charge in [-0.3, -0.25) is 0 Å². The van der Waals surface area contributed by atoms with E-state index >= 15 is 0 Å². The predicted molar refractivity (Wildman–Crippen MR) is 62.9 cm³/mol. The zero-order valence-electron chi connectivity index (χ0n) is 9.78. The maximum atomic E-state index is 3.13. The monoisotopic (exact) mass is 188 g/mol. The number of hydrogen-bond acceptors (Lipinski definition) is 0. The van der Waals surface area contributed by atoms with Gasteiger partial charge in [0.15, 0.2) is 0 Å². The molecule has 0 saturated heterocycles. The maximum absolute atomic E-state index is 3.13. The molecule has 1 rings (SSSR count). The summed E-state index contributed by atoms with van der Waals surface area (Å²) in [5.41, 5.74) is 3.08. The van der Waals surface area contributed by atoms with E-state index in [1.165, 1.54) is 24.0 Å². The van der Waals surface area contributed by atoms with Crippen molar-refractivity contribution in [1.82, 2.24) is 0 Å². The van der Waals surface area contributed by atoms with Crippen molar-refractivity contribution >= 4 is 0 Å². The van der Waals surface area contributed by atoms with Crippen molar-refractivity contribution in [1.29, 1.82) is 0 Å². The normalized spacial score (nSPS) is 16.3. The van der Waals surface area contributed by atoms with Gasteiger partial charge in [-0.2, -0.15) is 0 Å². The molecule has 0 nitrogen and oxygen atoms in total. The Morgan fingerprint density at radius 1 is 1.43 bits per heavy atom. The molecule has 14 heavy (non-hydrogen) atoms. The molecule has 0 heteroatoms. The fourth-order valence-corrected chi connectivity index (χ4v) is 2.10. The highest BCUT2D eigenvalue weighted by atomic mass is 14.3. The summed E-state index contributed by atoms with van der Waals surface area (Å²) >= 11 is 0. The summed E-state index contributed by atoms with van der Waals surface area (Å²) in [5, 5.41) is 0. The lowest BCUT2D eigenvalue weighted by molar-refractivity contribution is 0.408. The molecule has 76 valence electrons. The summed E-state index contributed by atoms with van der Waals surface area (Å²) < 4.78 is 0. The Kier molecular flexibility index (Phi) is 3.58. The lowest BCUT2D eigenvalue weighted by Gasteiger charge is -2.28. The minimum absolute atomic E-state index is 0.272. The van der Waals surface area contributed by atoms with Gasteiger partial charge in [0.25, 0.3) is 0 Å². The average Bonchev–Trinajstić information content (AvgIpc) is 2.29. The van der Waals surface area contributed by atoms with E-state index in [1.54, 1.807) is 0 Å². The van der Waals surface area contributed by atoms with Crippen LogP contribution < -0.4 is 0 Å². The van der Waals surface area contributed by atoms with Crippen molar-refractivity contribution in [3.8, 4) is 11.8 Å². The van der Waals surface area contributed by atoms with Crippen LogP contribution in [0.1, 0.15) is 47.0 Å². The van der Waals surface area contributed by atoms with E-state index in [2.05, 4.69) is 51.7 Å². The van der Waals surface area contributed by atoms with Crippen molar-refractivity contribution in [2.24, 2.45) is 5.41 Å². The van der Waals surface area contributed by atoms with Gasteiger partial charge in [0.1, 0.15) is 0 Å². The van der Waals surface area contributed by atoms with Crippen LogP contribution in [0.3, 0.4) is 0 Å². The summed E-state index contributed by atoms with van der Waals surface area (Å²) in [6.07, 6.45) is 7.70. The third-order valence-electron chi connectivity index (χ3n) is 2.86. The van der Waals surface area contributed by atoms with Crippen molar-refractivity contribution < 1.29 is 0 Å². The van der Waals surface area contributed by atoms with E-state index in [0.29, 0.717) is 0 Å². The molecule has 0 heterocycles. The van der Waals surface area contributed by atoms with Crippen molar-refractivity contribution in [2.45, 2.75) is 47.0 Å². The molecule has 0 fully saturated rings. The second-order valence-electron chi connectivity index (χ2n) is 4.60. The Hall–Kier alpha value is -0.960. The summed E-state index contributed by atoms with van der Waals surface area (Å²) in [6, 6.07) is 0. The molecule has 0 aromatic heterocycles. The van der Waals surface area contributed by atoms with Gasteiger partial charge >= 0.3 is 0 Å². The summed E-state index contributed by atoms with van der Waals surface area (Å²) in [6.45, 7) is 9.06. The maximum Gasteiger partial charge on any atom is 0.0278 e. The topological polar surface area (TPSA) is 0 Å². The largest absolute Gasteiger partial charge is 0.0943 e. The van der Waals surface area contributed by atoms with Gasteiger partial charge in [-0.15, -0.1) is 0 Å². The van der Waals surface area contributed by atoms with E-state index < -0.39 is 0 Å². The second-order valence-corrected chi connectivity index (χ2v) is 4.60. The first-order chi connectivity index (χ1) is 6.58. The summed E-state index contributed by atoms with van der Waals surface area (Å²) in [7, 11) is 0. The molecule has 0 amide bonds. The van der Waals surface area contributed by atoms with Crippen LogP contribution in [-0.2, 0) is 0 Å². The van der Waals surface area contributed by atoms with Crippen LogP contribution in [-0.4, -0.2) is 0 Å². The van der Waals surface area contributed by atoms with Crippen molar-refractivity contribution in [2.75, 3.05) is 0 Å². The molecule has 0 radical (unpaired) electrons. The molecule has 1 aliphatic carbocycles. The van der Waals surface area contributed by atoms with Crippen LogP contribution in [0.5, 0.6) is 0 Å². The number of hydrogen-bond donors (Lipinski definition) is 0. The second kappa shape index (κ2) is 4.51. The van der Waals surface area contributed by atoms with E-state index in [4.69, 9.17) is 0 Å². The first-order valence-electron chi connectivity index (χ1n) is 5.44. The highest BCUT2D eigenvalue weighted by Crippen LogP contribution is 2.36. The quantitative estimate of drug-likeness (QED) is 0.585. The lowest BCUT2D eigenvalue weighted by atomic mass is 9.77. The fraction of sp³-hybridized carbons (Fsp3) is 0.571. The van der Waals surface area contributed by atoms with Gasteiger partial charge in [0.05, 0.1) is 0 Å². The Labute approximate surface area is 88.1 Å². The highest BCUT2D eigenvalue weighted by molar-refractivity contribution is 5.42. The molecule has 0 spiro atoms. The van der Waals surface area contributed by atoms with Gasteiger partial charge < -0.3 is 0 Å². The SMILES string of the molecule is CCCC(C)(C)C1=CC#CCC=C1C. The van der Waals surface area contributed by atoms with Gasteiger partial charge in [-0.1, -0.05) is 45.1 Å². The van der Waals surface area contributed by atoms with E-state index in [9.17, 15) is 0 Å². The lowest BCUT2D eigenvalue weighted by Crippen LogP contribution is -2.15. The predicted octanol–water partition coefficient (Wildman–Crippen LogP) is 4.09. The molecular formula is C14H20. The van der Waals surface area contributed by atoms with Gasteiger partial charge in [0, 0.05) is 6.42 Å². The fourth-order valence-electron chi connectivity index (χ4n) is 2.10. The van der Waals surface area contributed by atoms with Crippen LogP contribution in [0.15, 0.2) is 23.3 Å². The average molecular weight is 188 g/mol. The molecule has 0 bridgehead atoms. The van der Waals surface area contributed by atoms with E-state index in [0.717, 1.165) is 6.42 Å². The minimum Gasteiger partial charge on any atom is -0.0943 e. The number of allylic oxidation sites excluding steroid dienone is 4. The van der Waals surface area contributed by atoms with Crippen LogP contribution in [0.25, 0.3) is 0 Å². The molecule has 1 aliphatic rings. The smallest absolute Gasteiger partial charge is 0.0278 e. The molecule has 0 aliphatic heterocycles. The molecule has 0 aromatic carbocycles. The zero-order valence-corrected chi connectivity index (χ0v) is 9.78. The van der Waals surface area contributed by atoms with Crippen molar-refractivity contribution in [3.63, 3.8) is 0 Å². The van der Waals surface area contributed by atoms with E-state index in [-0.39, 0.29) is 5.41 Å². The molecule has 0 atom stereocenters. The van der Waals surface area contributed by atoms with Gasteiger partial charge in [-0.05, 0) is 36.0 Å². The molecule has 0 N–H and O–H groups in total. The molecule has 0 aromatic rings. The summed E-state index contributed by atoms with van der Waals surface area (Å²) in [4.78, 5) is 0. The van der Waals surface area contributed by atoms with Gasteiger partial charge in [-0.25, -0.2) is 0 Å². The first kappa shape index (κ1) is 11.1. The highest BCUT2D eigenvalue weighted by Gasteiger charge is 2.23.